The Morgan fingerprint density at radius 1 is 1.31 bits per heavy atom. The summed E-state index contributed by atoms with van der Waals surface area (Å²) in [6, 6.07) is 9.39. The van der Waals surface area contributed by atoms with Crippen molar-refractivity contribution in [1.82, 2.24) is 4.90 Å². The van der Waals surface area contributed by atoms with E-state index in [9.17, 15) is 0 Å². The Bertz CT molecular complexity index is 355. The molecule has 1 aromatic rings. The van der Waals surface area contributed by atoms with E-state index >= 15 is 0 Å². The Hall–Kier alpha value is -0.156. The van der Waals surface area contributed by atoms with Crippen LogP contribution in [0.15, 0.2) is 18.2 Å². The number of benzene rings is 1. The standard InChI is InChI=1S/C14H18N.Y/c1-12(2)14-9-7-13(8-10-14)6-5-11-15(3)4;/h7-9,12H,11H2,1-4H3;/q-1;. The van der Waals surface area contributed by atoms with Gasteiger partial charge in [0.25, 0.3) is 0 Å². The molecular formula is C14H18NY-. The Kier molecular flexibility index (Phi) is 7.93. The smallest absolute Gasteiger partial charge is 0.0589 e. The van der Waals surface area contributed by atoms with E-state index in [0.29, 0.717) is 5.92 Å². The molecule has 0 bridgehead atoms. The van der Waals surface area contributed by atoms with Gasteiger partial charge in [-0.2, -0.15) is 29.8 Å². The summed E-state index contributed by atoms with van der Waals surface area (Å²) >= 11 is 0. The summed E-state index contributed by atoms with van der Waals surface area (Å²) in [5, 5.41) is 0. The van der Waals surface area contributed by atoms with Crippen molar-refractivity contribution >= 4 is 0 Å². The van der Waals surface area contributed by atoms with E-state index in [1.54, 1.807) is 0 Å². The van der Waals surface area contributed by atoms with Gasteiger partial charge in [-0.1, -0.05) is 25.3 Å². The Labute approximate surface area is 124 Å². The molecule has 0 aliphatic carbocycles. The Morgan fingerprint density at radius 2 is 2.00 bits per heavy atom. The molecule has 1 aromatic carbocycles. The van der Waals surface area contributed by atoms with Crippen LogP contribution < -0.4 is 0 Å². The molecule has 0 amide bonds. The molecule has 0 unspecified atom stereocenters. The first-order chi connectivity index (χ1) is 7.09. The molecule has 0 saturated carbocycles. The third kappa shape index (κ3) is 5.80. The summed E-state index contributed by atoms with van der Waals surface area (Å²) in [6.45, 7) is 5.14. The summed E-state index contributed by atoms with van der Waals surface area (Å²) < 4.78 is 0. The van der Waals surface area contributed by atoms with Crippen molar-refractivity contribution in [2.24, 2.45) is 0 Å². The van der Waals surface area contributed by atoms with Crippen molar-refractivity contribution in [3.8, 4) is 11.8 Å². The van der Waals surface area contributed by atoms with Crippen LogP contribution in [0.25, 0.3) is 0 Å². The van der Waals surface area contributed by atoms with Crippen LogP contribution in [0.4, 0.5) is 0 Å². The van der Waals surface area contributed by atoms with E-state index in [-0.39, 0.29) is 32.7 Å². The van der Waals surface area contributed by atoms with Crippen LogP contribution in [0, 0.1) is 17.9 Å². The molecule has 0 spiro atoms. The first-order valence-corrected chi connectivity index (χ1v) is 5.25. The van der Waals surface area contributed by atoms with Crippen LogP contribution in [0.5, 0.6) is 0 Å². The summed E-state index contributed by atoms with van der Waals surface area (Å²) in [4.78, 5) is 2.05. The van der Waals surface area contributed by atoms with Gasteiger partial charge in [-0.3, -0.25) is 4.90 Å². The fourth-order valence-electron chi connectivity index (χ4n) is 1.17. The topological polar surface area (TPSA) is 3.24 Å². The van der Waals surface area contributed by atoms with Crippen molar-refractivity contribution in [3.05, 3.63) is 35.4 Å². The van der Waals surface area contributed by atoms with E-state index in [4.69, 9.17) is 0 Å². The van der Waals surface area contributed by atoms with E-state index in [1.807, 2.05) is 20.2 Å². The molecule has 1 radical (unpaired) electrons. The second-order valence-electron chi connectivity index (χ2n) is 4.23. The van der Waals surface area contributed by atoms with Gasteiger partial charge in [-0.05, 0) is 20.0 Å². The van der Waals surface area contributed by atoms with Crippen molar-refractivity contribution in [1.29, 1.82) is 0 Å². The molecule has 0 heterocycles. The summed E-state index contributed by atoms with van der Waals surface area (Å²) in [5.41, 5.74) is 2.29. The fraction of sp³-hybridized carbons (Fsp3) is 0.429. The fourth-order valence-corrected chi connectivity index (χ4v) is 1.17. The zero-order valence-electron chi connectivity index (χ0n) is 10.5. The molecule has 0 saturated heterocycles. The van der Waals surface area contributed by atoms with Crippen LogP contribution in [-0.4, -0.2) is 25.5 Å². The van der Waals surface area contributed by atoms with Gasteiger partial charge in [0.1, 0.15) is 0 Å². The maximum atomic E-state index is 3.26. The van der Waals surface area contributed by atoms with Gasteiger partial charge in [-0.25, -0.2) is 0 Å². The largest absolute Gasteiger partial charge is 0.299 e. The summed E-state index contributed by atoms with van der Waals surface area (Å²) in [6.07, 6.45) is 0. The predicted molar refractivity (Wildman–Crippen MR) is 64.8 cm³/mol. The van der Waals surface area contributed by atoms with Crippen LogP contribution in [0.2, 0.25) is 0 Å². The quantitative estimate of drug-likeness (QED) is 0.597. The SMILES string of the molecule is CC(C)c1[c-]cc(C#CCN(C)C)cc1.[Y]. The number of hydrogen-bond acceptors (Lipinski definition) is 1. The molecule has 0 aliphatic heterocycles. The first-order valence-electron chi connectivity index (χ1n) is 5.25. The van der Waals surface area contributed by atoms with Gasteiger partial charge in [0, 0.05) is 32.7 Å². The second kappa shape index (κ2) is 8.01. The molecule has 0 fully saturated rings. The Morgan fingerprint density at radius 3 is 2.44 bits per heavy atom. The van der Waals surface area contributed by atoms with Crippen LogP contribution in [-0.2, 0) is 32.7 Å². The molecule has 0 atom stereocenters. The van der Waals surface area contributed by atoms with E-state index in [0.717, 1.165) is 12.1 Å². The molecule has 0 N–H and O–H groups in total. The molecular weight excluding hydrogens is 271 g/mol. The van der Waals surface area contributed by atoms with Gasteiger partial charge in [-0.15, -0.1) is 5.92 Å². The zero-order valence-corrected chi connectivity index (χ0v) is 13.4. The minimum absolute atomic E-state index is 0. The molecule has 16 heavy (non-hydrogen) atoms. The van der Waals surface area contributed by atoms with Crippen LogP contribution in [0.3, 0.4) is 0 Å². The summed E-state index contributed by atoms with van der Waals surface area (Å²) in [7, 11) is 4.03. The molecule has 0 aromatic heterocycles. The minimum atomic E-state index is 0. The van der Waals surface area contributed by atoms with Gasteiger partial charge in [0.2, 0.25) is 0 Å². The molecule has 1 nitrogen and oxygen atoms in total. The average Bonchev–Trinajstić information content (AvgIpc) is 2.18. The molecule has 83 valence electrons. The van der Waals surface area contributed by atoms with Crippen molar-refractivity contribution in [2.45, 2.75) is 19.8 Å². The van der Waals surface area contributed by atoms with Crippen molar-refractivity contribution in [2.75, 3.05) is 20.6 Å². The second-order valence-corrected chi connectivity index (χ2v) is 4.23. The van der Waals surface area contributed by atoms with Gasteiger partial charge < -0.3 is 0 Å². The molecule has 1 rings (SSSR count). The van der Waals surface area contributed by atoms with Crippen molar-refractivity contribution in [3.63, 3.8) is 0 Å². The van der Waals surface area contributed by atoms with Gasteiger partial charge >= 0.3 is 0 Å². The third-order valence-corrected chi connectivity index (χ3v) is 2.09. The molecule has 2 heteroatoms. The number of rotatable bonds is 2. The molecule has 0 aliphatic rings. The first kappa shape index (κ1) is 15.8. The maximum Gasteiger partial charge on any atom is 0.0589 e. The van der Waals surface area contributed by atoms with E-state index in [2.05, 4.69) is 48.8 Å². The normalized spacial score (nSPS) is 9.62. The van der Waals surface area contributed by atoms with Crippen molar-refractivity contribution < 1.29 is 32.7 Å². The predicted octanol–water partition coefficient (Wildman–Crippen LogP) is 2.52. The van der Waals surface area contributed by atoms with E-state index < -0.39 is 0 Å². The average molecular weight is 289 g/mol. The minimum Gasteiger partial charge on any atom is -0.299 e. The zero-order chi connectivity index (χ0) is 11.3. The van der Waals surface area contributed by atoms with Gasteiger partial charge in [0.05, 0.1) is 6.54 Å². The Balaban J connectivity index is 0.00000225. The maximum absolute atomic E-state index is 3.26. The van der Waals surface area contributed by atoms with Crippen LogP contribution >= 0.6 is 0 Å². The van der Waals surface area contributed by atoms with Gasteiger partial charge in [0.15, 0.2) is 0 Å². The van der Waals surface area contributed by atoms with Crippen LogP contribution in [0.1, 0.15) is 30.9 Å². The monoisotopic (exact) mass is 289 g/mol. The number of nitrogens with zero attached hydrogens (tertiary/aromatic N) is 1. The van der Waals surface area contributed by atoms with E-state index in [1.165, 1.54) is 5.56 Å². The summed E-state index contributed by atoms with van der Waals surface area (Å²) in [5.74, 6) is 6.76. The number of hydrogen-bond donors (Lipinski definition) is 0. The third-order valence-electron chi connectivity index (χ3n) is 2.09.